The molecule has 1 aromatic heterocycles. The van der Waals surface area contributed by atoms with Gasteiger partial charge in [0, 0.05) is 17.3 Å². The molecule has 1 fully saturated rings. The van der Waals surface area contributed by atoms with Crippen LogP contribution < -0.4 is 5.73 Å². The third kappa shape index (κ3) is 2.78. The summed E-state index contributed by atoms with van der Waals surface area (Å²) in [5.74, 6) is 0. The van der Waals surface area contributed by atoms with Crippen LogP contribution in [0.1, 0.15) is 11.3 Å². The summed E-state index contributed by atoms with van der Waals surface area (Å²) in [5, 5.41) is 2.07. The smallest absolute Gasteiger partial charge is 0.159 e. The van der Waals surface area contributed by atoms with Gasteiger partial charge in [0.1, 0.15) is 0 Å². The average molecular weight is 213 g/mol. The topological polar surface area (TPSA) is 44.5 Å². The zero-order valence-electron chi connectivity index (χ0n) is 8.02. The van der Waals surface area contributed by atoms with Crippen molar-refractivity contribution in [2.75, 3.05) is 13.2 Å². The lowest BCUT2D eigenvalue weighted by Gasteiger charge is -2.14. The van der Waals surface area contributed by atoms with Crippen molar-refractivity contribution in [3.05, 3.63) is 22.4 Å². The van der Waals surface area contributed by atoms with Crippen LogP contribution in [-0.2, 0) is 15.9 Å². The van der Waals surface area contributed by atoms with E-state index in [0.717, 1.165) is 12.8 Å². The van der Waals surface area contributed by atoms with Crippen LogP contribution in [0.25, 0.3) is 0 Å². The first kappa shape index (κ1) is 10.1. The Morgan fingerprint density at radius 3 is 2.93 bits per heavy atom. The summed E-state index contributed by atoms with van der Waals surface area (Å²) in [7, 11) is 0. The Bertz CT molecular complexity index is 257. The SMILES string of the molecule is NC(Cc1cccs1)CC1OCCO1. The first-order valence-corrected chi connectivity index (χ1v) is 5.74. The normalized spacial score (nSPS) is 20.1. The molecule has 1 unspecified atom stereocenters. The van der Waals surface area contributed by atoms with Crippen LogP contribution in [0, 0.1) is 0 Å². The Morgan fingerprint density at radius 1 is 1.50 bits per heavy atom. The fourth-order valence-corrected chi connectivity index (χ4v) is 2.36. The largest absolute Gasteiger partial charge is 0.350 e. The summed E-state index contributed by atoms with van der Waals surface area (Å²) in [4.78, 5) is 1.33. The van der Waals surface area contributed by atoms with E-state index < -0.39 is 0 Å². The van der Waals surface area contributed by atoms with Crippen molar-refractivity contribution in [1.29, 1.82) is 0 Å². The van der Waals surface area contributed by atoms with Gasteiger partial charge in [0.15, 0.2) is 6.29 Å². The van der Waals surface area contributed by atoms with Gasteiger partial charge >= 0.3 is 0 Å². The van der Waals surface area contributed by atoms with E-state index in [9.17, 15) is 0 Å². The van der Waals surface area contributed by atoms with Crippen molar-refractivity contribution in [2.45, 2.75) is 25.2 Å². The number of thiophene rings is 1. The molecule has 14 heavy (non-hydrogen) atoms. The van der Waals surface area contributed by atoms with Gasteiger partial charge in [-0.2, -0.15) is 0 Å². The third-order valence-corrected chi connectivity index (χ3v) is 3.13. The van der Waals surface area contributed by atoms with Crippen LogP contribution in [0.2, 0.25) is 0 Å². The molecule has 0 aromatic carbocycles. The second kappa shape index (κ2) is 4.89. The number of rotatable bonds is 4. The highest BCUT2D eigenvalue weighted by molar-refractivity contribution is 7.09. The highest BCUT2D eigenvalue weighted by Gasteiger charge is 2.19. The summed E-state index contributed by atoms with van der Waals surface area (Å²) in [5.41, 5.74) is 5.99. The van der Waals surface area contributed by atoms with E-state index >= 15 is 0 Å². The van der Waals surface area contributed by atoms with Crippen molar-refractivity contribution >= 4 is 11.3 Å². The van der Waals surface area contributed by atoms with E-state index in [1.165, 1.54) is 4.88 Å². The van der Waals surface area contributed by atoms with Crippen molar-refractivity contribution in [3.63, 3.8) is 0 Å². The summed E-state index contributed by atoms with van der Waals surface area (Å²) in [6, 6.07) is 4.30. The highest BCUT2D eigenvalue weighted by atomic mass is 32.1. The lowest BCUT2D eigenvalue weighted by Crippen LogP contribution is -2.28. The number of ether oxygens (including phenoxy) is 2. The van der Waals surface area contributed by atoms with E-state index in [-0.39, 0.29) is 12.3 Å². The molecule has 0 bridgehead atoms. The van der Waals surface area contributed by atoms with Crippen molar-refractivity contribution in [3.8, 4) is 0 Å². The van der Waals surface area contributed by atoms with Crippen LogP contribution in [0.3, 0.4) is 0 Å². The zero-order chi connectivity index (χ0) is 9.80. The first-order valence-electron chi connectivity index (χ1n) is 4.86. The standard InChI is InChI=1S/C10H15NO2S/c11-8(6-9-2-1-5-14-9)7-10-12-3-4-13-10/h1-2,5,8,10H,3-4,6-7,11H2. The van der Waals surface area contributed by atoms with Gasteiger partial charge in [0.05, 0.1) is 13.2 Å². The molecule has 78 valence electrons. The Kier molecular flexibility index (Phi) is 3.53. The Balaban J connectivity index is 1.75. The van der Waals surface area contributed by atoms with Crippen LogP contribution in [0.4, 0.5) is 0 Å². The molecule has 0 spiro atoms. The molecule has 2 rings (SSSR count). The molecule has 1 aromatic rings. The Morgan fingerprint density at radius 2 is 2.29 bits per heavy atom. The monoisotopic (exact) mass is 213 g/mol. The molecule has 0 radical (unpaired) electrons. The fourth-order valence-electron chi connectivity index (χ4n) is 1.56. The fraction of sp³-hybridized carbons (Fsp3) is 0.600. The predicted octanol–water partition coefficient (Wildman–Crippen LogP) is 1.38. The number of hydrogen-bond acceptors (Lipinski definition) is 4. The molecule has 0 aliphatic carbocycles. The summed E-state index contributed by atoms with van der Waals surface area (Å²) in [6.07, 6.45) is 1.63. The van der Waals surface area contributed by atoms with Crippen molar-refractivity contribution in [1.82, 2.24) is 0 Å². The molecular formula is C10H15NO2S. The number of nitrogens with two attached hydrogens (primary N) is 1. The minimum Gasteiger partial charge on any atom is -0.350 e. The highest BCUT2D eigenvalue weighted by Crippen LogP contribution is 2.15. The second-order valence-corrected chi connectivity index (χ2v) is 4.48. The van der Waals surface area contributed by atoms with Gasteiger partial charge in [-0.25, -0.2) is 0 Å². The maximum atomic E-state index is 5.99. The van der Waals surface area contributed by atoms with E-state index in [1.807, 2.05) is 0 Å². The molecule has 4 heteroatoms. The summed E-state index contributed by atoms with van der Waals surface area (Å²) in [6.45, 7) is 1.41. The molecule has 1 saturated heterocycles. The second-order valence-electron chi connectivity index (χ2n) is 3.45. The Hall–Kier alpha value is -0.420. The van der Waals surface area contributed by atoms with Gasteiger partial charge in [0.25, 0.3) is 0 Å². The maximum absolute atomic E-state index is 5.99. The van der Waals surface area contributed by atoms with Crippen LogP contribution in [0.5, 0.6) is 0 Å². The number of hydrogen-bond donors (Lipinski definition) is 1. The van der Waals surface area contributed by atoms with Crippen LogP contribution in [-0.4, -0.2) is 25.5 Å². The van der Waals surface area contributed by atoms with Crippen molar-refractivity contribution < 1.29 is 9.47 Å². The molecule has 0 saturated carbocycles. The quantitative estimate of drug-likeness (QED) is 0.821. The minimum atomic E-state index is -0.0787. The first-order chi connectivity index (χ1) is 6.84. The van der Waals surface area contributed by atoms with Gasteiger partial charge in [-0.05, 0) is 17.9 Å². The summed E-state index contributed by atoms with van der Waals surface area (Å²) < 4.78 is 10.7. The van der Waals surface area contributed by atoms with Gasteiger partial charge in [0.2, 0.25) is 0 Å². The lowest BCUT2D eigenvalue weighted by atomic mass is 10.1. The van der Waals surface area contributed by atoms with E-state index in [1.54, 1.807) is 11.3 Å². The molecule has 1 aliphatic heterocycles. The van der Waals surface area contributed by atoms with Gasteiger partial charge in [-0.3, -0.25) is 0 Å². The third-order valence-electron chi connectivity index (χ3n) is 2.23. The molecule has 2 N–H and O–H groups in total. The molecule has 1 atom stereocenters. The van der Waals surface area contributed by atoms with E-state index in [4.69, 9.17) is 15.2 Å². The molecule has 3 nitrogen and oxygen atoms in total. The summed E-state index contributed by atoms with van der Waals surface area (Å²) >= 11 is 1.75. The predicted molar refractivity (Wildman–Crippen MR) is 56.3 cm³/mol. The zero-order valence-corrected chi connectivity index (χ0v) is 8.83. The molecule has 2 heterocycles. The molecule has 1 aliphatic rings. The van der Waals surface area contributed by atoms with Crippen LogP contribution in [0.15, 0.2) is 17.5 Å². The van der Waals surface area contributed by atoms with E-state index in [2.05, 4.69) is 17.5 Å². The average Bonchev–Trinajstić information content (AvgIpc) is 2.76. The molecular weight excluding hydrogens is 198 g/mol. The van der Waals surface area contributed by atoms with E-state index in [0.29, 0.717) is 13.2 Å². The van der Waals surface area contributed by atoms with Gasteiger partial charge in [-0.1, -0.05) is 6.07 Å². The Labute approximate surface area is 87.8 Å². The maximum Gasteiger partial charge on any atom is 0.159 e. The van der Waals surface area contributed by atoms with Gasteiger partial charge < -0.3 is 15.2 Å². The minimum absolute atomic E-state index is 0.0787. The van der Waals surface area contributed by atoms with Gasteiger partial charge in [-0.15, -0.1) is 11.3 Å². The van der Waals surface area contributed by atoms with Crippen molar-refractivity contribution in [2.24, 2.45) is 5.73 Å². The van der Waals surface area contributed by atoms with Crippen LogP contribution >= 0.6 is 11.3 Å². The lowest BCUT2D eigenvalue weighted by molar-refractivity contribution is -0.0504. The molecule has 0 amide bonds.